The molecule has 0 aliphatic carbocycles. The zero-order chi connectivity index (χ0) is 19.0. The molecule has 1 saturated heterocycles. The molecule has 2 amide bonds. The van der Waals surface area contributed by atoms with Gasteiger partial charge in [-0.25, -0.2) is 14.6 Å². The van der Waals surface area contributed by atoms with Crippen LogP contribution in [-0.4, -0.2) is 61.2 Å². The number of hydrogen-bond donors (Lipinski definition) is 3. The van der Waals surface area contributed by atoms with Gasteiger partial charge in [0.05, 0.1) is 30.2 Å². The van der Waals surface area contributed by atoms with E-state index in [1.807, 2.05) is 0 Å². The SMILES string of the molecule is N#CC1CN(C(=O)CNC(=O)n2cc(-c3ccnc4[nH]c(=O)[nH]c34)cn2)C1. The van der Waals surface area contributed by atoms with Gasteiger partial charge in [-0.15, -0.1) is 0 Å². The van der Waals surface area contributed by atoms with E-state index in [1.54, 1.807) is 12.3 Å². The molecule has 0 atom stereocenters. The number of nitrogens with zero attached hydrogens (tertiary/aromatic N) is 5. The number of amides is 2. The Morgan fingerprint density at radius 3 is 2.96 bits per heavy atom. The minimum absolute atomic E-state index is 0.129. The number of fused-ring (bicyclic) bond motifs is 1. The van der Waals surface area contributed by atoms with Gasteiger partial charge < -0.3 is 15.2 Å². The van der Waals surface area contributed by atoms with Crippen molar-refractivity contribution in [3.05, 3.63) is 35.1 Å². The summed E-state index contributed by atoms with van der Waals surface area (Å²) in [7, 11) is 0. The highest BCUT2D eigenvalue weighted by Crippen LogP contribution is 2.23. The van der Waals surface area contributed by atoms with Gasteiger partial charge in [0.15, 0.2) is 5.65 Å². The molecule has 11 nitrogen and oxygen atoms in total. The fraction of sp³-hybridized carbons (Fsp3) is 0.250. The van der Waals surface area contributed by atoms with Crippen molar-refractivity contribution in [2.75, 3.05) is 19.6 Å². The zero-order valence-corrected chi connectivity index (χ0v) is 14.0. The zero-order valence-electron chi connectivity index (χ0n) is 14.0. The normalized spacial score (nSPS) is 14.0. The van der Waals surface area contributed by atoms with Gasteiger partial charge in [0.25, 0.3) is 0 Å². The highest BCUT2D eigenvalue weighted by molar-refractivity contribution is 5.90. The minimum Gasteiger partial charge on any atom is -0.338 e. The first-order chi connectivity index (χ1) is 13.0. The van der Waals surface area contributed by atoms with Crippen LogP contribution in [0.2, 0.25) is 0 Å². The fourth-order valence-electron chi connectivity index (χ4n) is 2.86. The number of pyridine rings is 1. The molecule has 0 radical (unpaired) electrons. The molecule has 11 heteroatoms. The van der Waals surface area contributed by atoms with Crippen molar-refractivity contribution < 1.29 is 9.59 Å². The molecule has 3 aromatic heterocycles. The average Bonchev–Trinajstić information content (AvgIpc) is 3.24. The number of imidazole rings is 1. The molecule has 1 aliphatic heterocycles. The second kappa shape index (κ2) is 6.41. The first kappa shape index (κ1) is 16.5. The summed E-state index contributed by atoms with van der Waals surface area (Å²) in [5.74, 6) is -0.377. The van der Waals surface area contributed by atoms with Gasteiger partial charge >= 0.3 is 11.7 Å². The third kappa shape index (κ3) is 3.04. The standard InChI is InChI=1S/C16H14N8O3/c17-3-9-6-23(7-9)12(25)5-19-16(27)24-8-10(4-20-24)11-1-2-18-14-13(11)21-15(26)22-14/h1-2,4,8-9H,5-7H2,(H,19,27)(H2,18,21,22,26). The van der Waals surface area contributed by atoms with E-state index in [0.29, 0.717) is 35.4 Å². The molecule has 0 bridgehead atoms. The van der Waals surface area contributed by atoms with E-state index in [9.17, 15) is 14.4 Å². The monoisotopic (exact) mass is 366 g/mol. The van der Waals surface area contributed by atoms with E-state index in [-0.39, 0.29) is 24.1 Å². The number of rotatable bonds is 3. The van der Waals surface area contributed by atoms with E-state index >= 15 is 0 Å². The maximum atomic E-state index is 12.2. The largest absolute Gasteiger partial charge is 0.342 e. The molecule has 0 spiro atoms. The number of aromatic nitrogens is 5. The molecule has 3 aromatic rings. The first-order valence-electron chi connectivity index (χ1n) is 8.13. The van der Waals surface area contributed by atoms with E-state index < -0.39 is 6.03 Å². The van der Waals surface area contributed by atoms with Crippen LogP contribution in [0.3, 0.4) is 0 Å². The van der Waals surface area contributed by atoms with Crippen molar-refractivity contribution in [1.29, 1.82) is 5.26 Å². The summed E-state index contributed by atoms with van der Waals surface area (Å²) in [6, 6.07) is 3.23. The summed E-state index contributed by atoms with van der Waals surface area (Å²) in [6.07, 6.45) is 4.52. The Labute approximate surface area is 151 Å². The topological polar surface area (TPSA) is 153 Å². The lowest BCUT2D eigenvalue weighted by molar-refractivity contribution is -0.135. The van der Waals surface area contributed by atoms with Crippen LogP contribution in [0.5, 0.6) is 0 Å². The quantitative estimate of drug-likeness (QED) is 0.576. The Bertz CT molecular complexity index is 1130. The highest BCUT2D eigenvalue weighted by atomic mass is 16.2. The summed E-state index contributed by atoms with van der Waals surface area (Å²) >= 11 is 0. The summed E-state index contributed by atoms with van der Waals surface area (Å²) in [4.78, 5) is 46.4. The molecule has 0 saturated carbocycles. The van der Waals surface area contributed by atoms with Crippen molar-refractivity contribution in [1.82, 2.24) is 34.9 Å². The summed E-state index contributed by atoms with van der Waals surface area (Å²) in [6.45, 7) is 0.616. The van der Waals surface area contributed by atoms with E-state index in [1.165, 1.54) is 17.3 Å². The van der Waals surface area contributed by atoms with E-state index in [2.05, 4.69) is 31.4 Å². The van der Waals surface area contributed by atoms with Gasteiger partial charge in [-0.2, -0.15) is 15.0 Å². The smallest absolute Gasteiger partial charge is 0.338 e. The molecule has 3 N–H and O–H groups in total. The number of H-pyrrole nitrogens is 2. The molecule has 136 valence electrons. The molecular weight excluding hydrogens is 352 g/mol. The van der Waals surface area contributed by atoms with E-state index in [0.717, 1.165) is 4.68 Å². The number of hydrogen-bond acceptors (Lipinski definition) is 6. The molecule has 0 aromatic carbocycles. The van der Waals surface area contributed by atoms with Gasteiger partial charge in [0.1, 0.15) is 0 Å². The number of nitriles is 1. The van der Waals surface area contributed by atoms with Crippen LogP contribution >= 0.6 is 0 Å². The summed E-state index contributed by atoms with van der Waals surface area (Å²) in [5.41, 5.74) is 1.82. The van der Waals surface area contributed by atoms with Crippen LogP contribution in [0.4, 0.5) is 4.79 Å². The van der Waals surface area contributed by atoms with Gasteiger partial charge in [-0.1, -0.05) is 0 Å². The maximum absolute atomic E-state index is 12.2. The summed E-state index contributed by atoms with van der Waals surface area (Å²) < 4.78 is 1.08. The number of aromatic amines is 2. The van der Waals surface area contributed by atoms with Gasteiger partial charge in [-0.05, 0) is 6.07 Å². The lowest BCUT2D eigenvalue weighted by Crippen LogP contribution is -2.52. The molecule has 0 unspecified atom stereocenters. The fourth-order valence-corrected chi connectivity index (χ4v) is 2.86. The predicted molar refractivity (Wildman–Crippen MR) is 92.4 cm³/mol. The molecular formula is C16H14N8O3. The number of likely N-dealkylation sites (tertiary alicyclic amines) is 1. The molecule has 4 heterocycles. The predicted octanol–water partition coefficient (Wildman–Crippen LogP) is -0.346. The second-order valence-electron chi connectivity index (χ2n) is 6.12. The number of nitrogens with one attached hydrogen (secondary N) is 3. The van der Waals surface area contributed by atoms with Crippen LogP contribution in [0.1, 0.15) is 0 Å². The number of carbonyl (C=O) groups excluding carboxylic acids is 2. The van der Waals surface area contributed by atoms with Gasteiger partial charge in [0.2, 0.25) is 5.91 Å². The Balaban J connectivity index is 1.44. The Hall–Kier alpha value is -3.94. The van der Waals surface area contributed by atoms with Crippen molar-refractivity contribution >= 4 is 23.1 Å². The van der Waals surface area contributed by atoms with Crippen molar-refractivity contribution in [3.63, 3.8) is 0 Å². The highest BCUT2D eigenvalue weighted by Gasteiger charge is 2.30. The number of carbonyl (C=O) groups is 2. The van der Waals surface area contributed by atoms with Gasteiger partial charge in [-0.3, -0.25) is 9.78 Å². The van der Waals surface area contributed by atoms with Crippen LogP contribution in [-0.2, 0) is 4.79 Å². The Morgan fingerprint density at radius 1 is 1.37 bits per heavy atom. The maximum Gasteiger partial charge on any atom is 0.342 e. The average molecular weight is 366 g/mol. The minimum atomic E-state index is -0.556. The lowest BCUT2D eigenvalue weighted by atomic mass is 10.0. The second-order valence-corrected chi connectivity index (χ2v) is 6.12. The molecule has 1 fully saturated rings. The third-order valence-corrected chi connectivity index (χ3v) is 4.33. The van der Waals surface area contributed by atoms with Gasteiger partial charge in [0, 0.05) is 36.6 Å². The van der Waals surface area contributed by atoms with Crippen molar-refractivity contribution in [2.45, 2.75) is 0 Å². The Kier molecular flexibility index (Phi) is 3.92. The van der Waals surface area contributed by atoms with Crippen LogP contribution in [0.25, 0.3) is 22.3 Å². The van der Waals surface area contributed by atoms with Crippen molar-refractivity contribution in [3.8, 4) is 17.2 Å². The molecule has 27 heavy (non-hydrogen) atoms. The molecule has 4 rings (SSSR count). The summed E-state index contributed by atoms with van der Waals surface area (Å²) in [5, 5.41) is 15.2. The van der Waals surface area contributed by atoms with E-state index in [4.69, 9.17) is 5.26 Å². The van der Waals surface area contributed by atoms with Crippen LogP contribution in [0.15, 0.2) is 29.5 Å². The lowest BCUT2D eigenvalue weighted by Gasteiger charge is -2.35. The first-order valence-corrected chi connectivity index (χ1v) is 8.13. The van der Waals surface area contributed by atoms with Crippen molar-refractivity contribution in [2.24, 2.45) is 5.92 Å². The third-order valence-electron chi connectivity index (χ3n) is 4.33. The Morgan fingerprint density at radius 2 is 2.19 bits per heavy atom. The molecule has 1 aliphatic rings. The van der Waals surface area contributed by atoms with Crippen LogP contribution in [0, 0.1) is 17.2 Å². The van der Waals surface area contributed by atoms with Crippen LogP contribution < -0.4 is 11.0 Å².